The van der Waals surface area contributed by atoms with Crippen molar-refractivity contribution in [2.45, 2.75) is 62.2 Å². The Morgan fingerprint density at radius 1 is 1.15 bits per heavy atom. The Morgan fingerprint density at radius 2 is 1.90 bits per heavy atom. The SMILES string of the molecule is FC1(CC2CCOc3ccccc32)CC2CCC(C1)N2. The predicted molar refractivity (Wildman–Crippen MR) is 76.9 cm³/mol. The first kappa shape index (κ1) is 12.6. The Kier molecular flexibility index (Phi) is 2.99. The molecule has 0 amide bonds. The molecular weight excluding hydrogens is 253 g/mol. The topological polar surface area (TPSA) is 21.3 Å². The van der Waals surface area contributed by atoms with Crippen LogP contribution in [0.4, 0.5) is 4.39 Å². The van der Waals surface area contributed by atoms with E-state index < -0.39 is 5.67 Å². The van der Waals surface area contributed by atoms with Crippen molar-refractivity contribution in [2.75, 3.05) is 6.61 Å². The highest BCUT2D eigenvalue weighted by molar-refractivity contribution is 5.38. The highest BCUT2D eigenvalue weighted by Crippen LogP contribution is 2.45. The molecular formula is C17H22FNO. The number of piperidine rings is 1. The molecule has 3 aliphatic rings. The lowest BCUT2D eigenvalue weighted by molar-refractivity contribution is 0.0655. The van der Waals surface area contributed by atoms with Crippen LogP contribution in [-0.2, 0) is 0 Å². The Morgan fingerprint density at radius 3 is 2.70 bits per heavy atom. The average Bonchev–Trinajstić information content (AvgIpc) is 2.79. The van der Waals surface area contributed by atoms with Crippen LogP contribution in [-0.4, -0.2) is 24.4 Å². The lowest BCUT2D eigenvalue weighted by Crippen LogP contribution is -2.46. The molecule has 108 valence electrons. The van der Waals surface area contributed by atoms with E-state index in [9.17, 15) is 0 Å². The van der Waals surface area contributed by atoms with Gasteiger partial charge in [0.2, 0.25) is 0 Å². The Hall–Kier alpha value is -1.09. The molecule has 1 N–H and O–H groups in total. The van der Waals surface area contributed by atoms with Crippen LogP contribution in [0, 0.1) is 0 Å². The lowest BCUT2D eigenvalue weighted by atomic mass is 9.78. The Balaban J connectivity index is 1.55. The zero-order chi connectivity index (χ0) is 13.6. The van der Waals surface area contributed by atoms with E-state index in [1.165, 1.54) is 5.56 Å². The van der Waals surface area contributed by atoms with Crippen molar-refractivity contribution >= 4 is 0 Å². The molecule has 3 unspecified atom stereocenters. The van der Waals surface area contributed by atoms with E-state index in [1.807, 2.05) is 18.2 Å². The van der Waals surface area contributed by atoms with Crippen molar-refractivity contribution < 1.29 is 9.13 Å². The number of halogens is 1. The molecule has 1 aromatic rings. The first-order chi connectivity index (χ1) is 9.72. The van der Waals surface area contributed by atoms with Gasteiger partial charge in [0, 0.05) is 12.1 Å². The molecule has 2 fully saturated rings. The summed E-state index contributed by atoms with van der Waals surface area (Å²) in [5.41, 5.74) is 0.230. The number of hydrogen-bond donors (Lipinski definition) is 1. The van der Waals surface area contributed by atoms with Crippen molar-refractivity contribution in [2.24, 2.45) is 0 Å². The monoisotopic (exact) mass is 275 g/mol. The van der Waals surface area contributed by atoms with Crippen LogP contribution >= 0.6 is 0 Å². The number of alkyl halides is 1. The quantitative estimate of drug-likeness (QED) is 0.891. The molecule has 2 saturated heterocycles. The number of nitrogens with one attached hydrogen (secondary N) is 1. The van der Waals surface area contributed by atoms with Crippen LogP contribution in [0.5, 0.6) is 5.75 Å². The van der Waals surface area contributed by atoms with Crippen LogP contribution in [0.3, 0.4) is 0 Å². The predicted octanol–water partition coefficient (Wildman–Crippen LogP) is 3.57. The highest BCUT2D eigenvalue weighted by Gasteiger charge is 2.45. The van der Waals surface area contributed by atoms with E-state index >= 15 is 4.39 Å². The number of para-hydroxylation sites is 1. The van der Waals surface area contributed by atoms with Crippen LogP contribution in [0.15, 0.2) is 24.3 Å². The Bertz CT molecular complexity index is 492. The zero-order valence-corrected chi connectivity index (χ0v) is 11.8. The Labute approximate surface area is 119 Å². The van der Waals surface area contributed by atoms with Gasteiger partial charge >= 0.3 is 0 Å². The smallest absolute Gasteiger partial charge is 0.122 e. The maximum Gasteiger partial charge on any atom is 0.122 e. The van der Waals surface area contributed by atoms with Crippen LogP contribution in [0.25, 0.3) is 0 Å². The molecule has 20 heavy (non-hydrogen) atoms. The van der Waals surface area contributed by atoms with Gasteiger partial charge in [-0.25, -0.2) is 4.39 Å². The molecule has 4 rings (SSSR count). The summed E-state index contributed by atoms with van der Waals surface area (Å²) in [5, 5.41) is 3.54. The van der Waals surface area contributed by atoms with Crippen LogP contribution < -0.4 is 10.1 Å². The number of fused-ring (bicyclic) bond motifs is 3. The molecule has 0 radical (unpaired) electrons. The summed E-state index contributed by atoms with van der Waals surface area (Å²) in [6.45, 7) is 0.725. The van der Waals surface area contributed by atoms with Crippen LogP contribution in [0.2, 0.25) is 0 Å². The minimum absolute atomic E-state index is 0.322. The number of hydrogen-bond acceptors (Lipinski definition) is 2. The summed E-state index contributed by atoms with van der Waals surface area (Å²) in [4.78, 5) is 0. The molecule has 3 atom stereocenters. The minimum atomic E-state index is -0.980. The number of ether oxygens (including phenoxy) is 1. The lowest BCUT2D eigenvalue weighted by Gasteiger charge is -2.38. The molecule has 3 heterocycles. The fourth-order valence-corrected chi connectivity index (χ4v) is 4.43. The van der Waals surface area contributed by atoms with Gasteiger partial charge in [0.25, 0.3) is 0 Å². The molecule has 3 heteroatoms. The molecule has 2 bridgehead atoms. The van der Waals surface area contributed by atoms with Crippen molar-refractivity contribution in [3.05, 3.63) is 29.8 Å². The van der Waals surface area contributed by atoms with Gasteiger partial charge in [-0.2, -0.15) is 0 Å². The minimum Gasteiger partial charge on any atom is -0.493 e. The van der Waals surface area contributed by atoms with E-state index in [0.29, 0.717) is 37.3 Å². The standard InChI is InChI=1S/C17H22FNO/c18-17(10-13-5-6-14(11-17)19-13)9-12-7-8-20-16-4-2-1-3-15(12)16/h1-4,12-14,19H,5-11H2. The van der Waals surface area contributed by atoms with E-state index in [2.05, 4.69) is 11.4 Å². The fraction of sp³-hybridized carbons (Fsp3) is 0.647. The average molecular weight is 275 g/mol. The molecule has 3 aliphatic heterocycles. The second-order valence-electron chi connectivity index (χ2n) is 6.77. The zero-order valence-electron chi connectivity index (χ0n) is 11.8. The van der Waals surface area contributed by atoms with Crippen LogP contribution in [0.1, 0.15) is 50.0 Å². The van der Waals surface area contributed by atoms with Gasteiger partial charge in [0.05, 0.1) is 6.61 Å². The van der Waals surface area contributed by atoms with Gasteiger partial charge < -0.3 is 10.1 Å². The van der Waals surface area contributed by atoms with Gasteiger partial charge in [-0.3, -0.25) is 0 Å². The van der Waals surface area contributed by atoms with Crippen molar-refractivity contribution in [3.63, 3.8) is 0 Å². The normalized spacial score (nSPS) is 39.1. The summed E-state index contributed by atoms with van der Waals surface area (Å²) in [6, 6.07) is 8.98. The molecule has 2 nitrogen and oxygen atoms in total. The maximum atomic E-state index is 15.3. The summed E-state index contributed by atoms with van der Waals surface area (Å²) < 4.78 is 21.0. The summed E-state index contributed by atoms with van der Waals surface area (Å²) in [5.74, 6) is 1.28. The van der Waals surface area contributed by atoms with Crippen molar-refractivity contribution in [1.29, 1.82) is 0 Å². The second kappa shape index (κ2) is 4.73. The van der Waals surface area contributed by atoms with Gasteiger partial charge in [-0.1, -0.05) is 18.2 Å². The third-order valence-electron chi connectivity index (χ3n) is 5.25. The van der Waals surface area contributed by atoms with Crippen molar-refractivity contribution in [3.8, 4) is 5.75 Å². The van der Waals surface area contributed by atoms with Gasteiger partial charge in [-0.05, 0) is 56.1 Å². The molecule has 0 aromatic heterocycles. The van der Waals surface area contributed by atoms with Gasteiger partial charge in [0.1, 0.15) is 11.4 Å². The number of benzene rings is 1. The first-order valence-electron chi connectivity index (χ1n) is 7.89. The van der Waals surface area contributed by atoms with Gasteiger partial charge in [-0.15, -0.1) is 0 Å². The third kappa shape index (κ3) is 2.22. The molecule has 0 spiro atoms. The maximum absolute atomic E-state index is 15.3. The van der Waals surface area contributed by atoms with E-state index in [1.54, 1.807) is 0 Å². The molecule has 1 aromatic carbocycles. The van der Waals surface area contributed by atoms with Crippen molar-refractivity contribution in [1.82, 2.24) is 5.32 Å². The highest BCUT2D eigenvalue weighted by atomic mass is 19.1. The second-order valence-corrected chi connectivity index (χ2v) is 6.77. The summed E-state index contributed by atoms with van der Waals surface area (Å²) in [6.07, 6.45) is 5.32. The first-order valence-corrected chi connectivity index (χ1v) is 7.89. The van der Waals surface area contributed by atoms with E-state index in [0.717, 1.165) is 31.6 Å². The summed E-state index contributed by atoms with van der Waals surface area (Å²) in [7, 11) is 0. The van der Waals surface area contributed by atoms with Gasteiger partial charge in [0.15, 0.2) is 0 Å². The third-order valence-corrected chi connectivity index (χ3v) is 5.25. The largest absolute Gasteiger partial charge is 0.493 e. The fourth-order valence-electron chi connectivity index (χ4n) is 4.43. The van der Waals surface area contributed by atoms with E-state index in [-0.39, 0.29) is 0 Å². The summed E-state index contributed by atoms with van der Waals surface area (Å²) >= 11 is 0. The molecule has 0 aliphatic carbocycles. The number of rotatable bonds is 2. The molecule has 0 saturated carbocycles. The van der Waals surface area contributed by atoms with E-state index in [4.69, 9.17) is 4.74 Å².